The number of anilines is 1. The number of nitrogens with one attached hydrogen (secondary N) is 1. The second-order valence-electron chi connectivity index (χ2n) is 2.86. The van der Waals surface area contributed by atoms with Gasteiger partial charge >= 0.3 is 0 Å². The van der Waals surface area contributed by atoms with E-state index < -0.39 is 10.0 Å². The molecular weight excluding hydrogens is 202 g/mol. The van der Waals surface area contributed by atoms with Crippen LogP contribution in [0.15, 0.2) is 24.3 Å². The highest BCUT2D eigenvalue weighted by atomic mass is 32.2. The molecule has 0 saturated heterocycles. The smallest absolute Gasteiger partial charge is 0.232 e. The highest BCUT2D eigenvalue weighted by Crippen LogP contribution is 2.12. The van der Waals surface area contributed by atoms with Gasteiger partial charge in [0.25, 0.3) is 0 Å². The van der Waals surface area contributed by atoms with Crippen LogP contribution in [0.5, 0.6) is 0 Å². The van der Waals surface area contributed by atoms with E-state index >= 15 is 0 Å². The van der Waals surface area contributed by atoms with Crippen molar-refractivity contribution in [2.45, 2.75) is 13.5 Å². The predicted octanol–water partition coefficient (Wildman–Crippen LogP) is 0.941. The minimum Gasteiger partial charge on any atom is -0.392 e. The van der Waals surface area contributed by atoms with Gasteiger partial charge in [-0.2, -0.15) is 0 Å². The maximum Gasteiger partial charge on any atom is 0.232 e. The number of aliphatic hydroxyl groups excluding tert-OH is 1. The molecule has 0 heterocycles. The third-order valence-electron chi connectivity index (χ3n) is 1.76. The zero-order valence-electron chi connectivity index (χ0n) is 7.90. The van der Waals surface area contributed by atoms with Crippen molar-refractivity contribution in [1.82, 2.24) is 0 Å². The van der Waals surface area contributed by atoms with E-state index in [1.54, 1.807) is 31.2 Å². The molecule has 2 N–H and O–H groups in total. The first-order chi connectivity index (χ1) is 6.57. The number of sulfonamides is 1. The van der Waals surface area contributed by atoms with E-state index in [4.69, 9.17) is 5.11 Å². The molecule has 0 atom stereocenters. The molecule has 1 aromatic carbocycles. The third-order valence-corrected chi connectivity index (χ3v) is 3.07. The topological polar surface area (TPSA) is 66.4 Å². The fourth-order valence-corrected chi connectivity index (χ4v) is 1.62. The Morgan fingerprint density at radius 3 is 2.71 bits per heavy atom. The molecule has 5 heteroatoms. The molecule has 0 aliphatic heterocycles. The zero-order valence-corrected chi connectivity index (χ0v) is 8.71. The Kier molecular flexibility index (Phi) is 3.49. The van der Waals surface area contributed by atoms with E-state index in [-0.39, 0.29) is 12.4 Å². The van der Waals surface area contributed by atoms with Crippen LogP contribution in [0.25, 0.3) is 0 Å². The molecule has 1 rings (SSSR count). The molecule has 4 nitrogen and oxygen atoms in total. The summed E-state index contributed by atoms with van der Waals surface area (Å²) in [6.07, 6.45) is 0. The Balaban J connectivity index is 2.87. The first-order valence-corrected chi connectivity index (χ1v) is 5.93. The Hall–Kier alpha value is -1.07. The highest BCUT2D eigenvalue weighted by Gasteiger charge is 2.06. The van der Waals surface area contributed by atoms with E-state index in [1.807, 2.05) is 0 Å². The van der Waals surface area contributed by atoms with Gasteiger partial charge in [-0.15, -0.1) is 0 Å². The molecule has 14 heavy (non-hydrogen) atoms. The normalized spacial score (nSPS) is 11.3. The van der Waals surface area contributed by atoms with Crippen LogP contribution >= 0.6 is 0 Å². The standard InChI is InChI=1S/C9H13NO3S/c1-2-14(12,13)10-9-5-3-4-8(6-9)7-11/h3-6,10-11H,2,7H2,1H3. The lowest BCUT2D eigenvalue weighted by molar-refractivity contribution is 0.282. The van der Waals surface area contributed by atoms with E-state index in [0.717, 1.165) is 0 Å². The Morgan fingerprint density at radius 1 is 1.43 bits per heavy atom. The van der Waals surface area contributed by atoms with Crippen LogP contribution in [0.2, 0.25) is 0 Å². The summed E-state index contributed by atoms with van der Waals surface area (Å²) in [7, 11) is -3.23. The summed E-state index contributed by atoms with van der Waals surface area (Å²) in [6, 6.07) is 6.67. The molecule has 0 bridgehead atoms. The van der Waals surface area contributed by atoms with Crippen molar-refractivity contribution in [2.24, 2.45) is 0 Å². The average Bonchev–Trinajstić information content (AvgIpc) is 2.17. The quantitative estimate of drug-likeness (QED) is 0.785. The number of benzene rings is 1. The lowest BCUT2D eigenvalue weighted by atomic mass is 10.2. The second-order valence-corrected chi connectivity index (χ2v) is 4.87. The van der Waals surface area contributed by atoms with E-state index in [0.29, 0.717) is 11.3 Å². The fraction of sp³-hybridized carbons (Fsp3) is 0.333. The van der Waals surface area contributed by atoms with Gasteiger partial charge in [-0.1, -0.05) is 12.1 Å². The molecule has 0 saturated carbocycles. The fourth-order valence-electron chi connectivity index (χ4n) is 0.985. The van der Waals surface area contributed by atoms with Gasteiger partial charge in [0.2, 0.25) is 10.0 Å². The summed E-state index contributed by atoms with van der Waals surface area (Å²) in [6.45, 7) is 1.47. The van der Waals surface area contributed by atoms with Crippen molar-refractivity contribution in [2.75, 3.05) is 10.5 Å². The summed E-state index contributed by atoms with van der Waals surface area (Å²) in [5, 5.41) is 8.84. The molecule has 78 valence electrons. The second kappa shape index (κ2) is 4.43. The average molecular weight is 215 g/mol. The van der Waals surface area contributed by atoms with E-state index in [9.17, 15) is 8.42 Å². The van der Waals surface area contributed by atoms with E-state index in [1.165, 1.54) is 0 Å². The van der Waals surface area contributed by atoms with Crippen molar-refractivity contribution < 1.29 is 13.5 Å². The van der Waals surface area contributed by atoms with Gasteiger partial charge in [0.15, 0.2) is 0 Å². The van der Waals surface area contributed by atoms with Crippen molar-refractivity contribution in [3.8, 4) is 0 Å². The summed E-state index contributed by atoms with van der Waals surface area (Å²) in [4.78, 5) is 0. The van der Waals surface area contributed by atoms with Gasteiger partial charge in [0, 0.05) is 5.69 Å². The largest absolute Gasteiger partial charge is 0.392 e. The Bertz CT molecular complexity index is 400. The van der Waals surface area contributed by atoms with Crippen LogP contribution in [0.4, 0.5) is 5.69 Å². The van der Waals surface area contributed by atoms with Gasteiger partial charge in [0.05, 0.1) is 12.4 Å². The first-order valence-electron chi connectivity index (χ1n) is 4.27. The highest BCUT2D eigenvalue weighted by molar-refractivity contribution is 7.92. The molecule has 1 aromatic rings. The summed E-state index contributed by atoms with van der Waals surface area (Å²) >= 11 is 0. The molecule has 0 unspecified atom stereocenters. The van der Waals surface area contributed by atoms with Gasteiger partial charge in [-0.3, -0.25) is 4.72 Å². The van der Waals surface area contributed by atoms with Gasteiger partial charge in [-0.05, 0) is 24.6 Å². The van der Waals surface area contributed by atoms with Crippen LogP contribution < -0.4 is 4.72 Å². The summed E-state index contributed by atoms with van der Waals surface area (Å²) in [5.41, 5.74) is 1.17. The number of hydrogen-bond acceptors (Lipinski definition) is 3. The van der Waals surface area contributed by atoms with Crippen LogP contribution in [0.1, 0.15) is 12.5 Å². The molecule has 0 aliphatic rings. The number of hydrogen-bond donors (Lipinski definition) is 2. The van der Waals surface area contributed by atoms with Gasteiger partial charge in [-0.25, -0.2) is 8.42 Å². The lowest BCUT2D eigenvalue weighted by Gasteiger charge is -2.06. The number of aliphatic hydroxyl groups is 1. The molecule has 0 spiro atoms. The third kappa shape index (κ3) is 3.01. The van der Waals surface area contributed by atoms with E-state index in [2.05, 4.69) is 4.72 Å². The molecular formula is C9H13NO3S. The lowest BCUT2D eigenvalue weighted by Crippen LogP contribution is -2.14. The minimum absolute atomic E-state index is 0.0380. The SMILES string of the molecule is CCS(=O)(=O)Nc1cccc(CO)c1. The van der Waals surface area contributed by atoms with Gasteiger partial charge < -0.3 is 5.11 Å². The maximum atomic E-state index is 11.2. The first kappa shape index (κ1) is 11.0. The molecule has 0 fully saturated rings. The zero-order chi connectivity index (χ0) is 10.6. The molecule has 0 radical (unpaired) electrons. The molecule has 0 aromatic heterocycles. The van der Waals surface area contributed by atoms with Crippen LogP contribution in [-0.2, 0) is 16.6 Å². The van der Waals surface area contributed by atoms with Crippen molar-refractivity contribution in [3.63, 3.8) is 0 Å². The van der Waals surface area contributed by atoms with Crippen LogP contribution in [0, 0.1) is 0 Å². The van der Waals surface area contributed by atoms with Crippen LogP contribution in [0.3, 0.4) is 0 Å². The number of rotatable bonds is 4. The maximum absolute atomic E-state index is 11.2. The summed E-state index contributed by atoms with van der Waals surface area (Å²) < 4.78 is 24.8. The van der Waals surface area contributed by atoms with Crippen molar-refractivity contribution >= 4 is 15.7 Å². The molecule has 0 amide bonds. The summed E-state index contributed by atoms with van der Waals surface area (Å²) in [5.74, 6) is 0.0380. The van der Waals surface area contributed by atoms with Crippen LogP contribution in [-0.4, -0.2) is 19.3 Å². The Morgan fingerprint density at radius 2 is 2.14 bits per heavy atom. The Labute approximate surface area is 83.6 Å². The van der Waals surface area contributed by atoms with Crippen molar-refractivity contribution in [3.05, 3.63) is 29.8 Å². The molecule has 0 aliphatic carbocycles. The monoisotopic (exact) mass is 215 g/mol. The predicted molar refractivity (Wildman–Crippen MR) is 55.4 cm³/mol. The minimum atomic E-state index is -3.23. The van der Waals surface area contributed by atoms with Gasteiger partial charge in [0.1, 0.15) is 0 Å². The van der Waals surface area contributed by atoms with Crippen molar-refractivity contribution in [1.29, 1.82) is 0 Å².